The number of benzene rings is 2. The zero-order valence-electron chi connectivity index (χ0n) is 12.6. The fourth-order valence-corrected chi connectivity index (χ4v) is 2.50. The molecule has 0 aliphatic rings. The van der Waals surface area contributed by atoms with Gasteiger partial charge in [0.05, 0.1) is 0 Å². The van der Waals surface area contributed by atoms with Crippen LogP contribution in [0.15, 0.2) is 30.3 Å². The SMILES string of the molecule is CCc1cc(CC)c(O)c(-n2nc3ccc(C)cc3n2)c1. The molecular formula is C17H19N3O. The van der Waals surface area contributed by atoms with E-state index >= 15 is 0 Å². The molecule has 0 aliphatic heterocycles. The summed E-state index contributed by atoms with van der Waals surface area (Å²) in [6.45, 7) is 6.17. The van der Waals surface area contributed by atoms with Crippen LogP contribution in [0.3, 0.4) is 0 Å². The summed E-state index contributed by atoms with van der Waals surface area (Å²) in [7, 11) is 0. The Hall–Kier alpha value is -2.36. The van der Waals surface area contributed by atoms with Crippen LogP contribution in [0.1, 0.15) is 30.5 Å². The van der Waals surface area contributed by atoms with Crippen LogP contribution in [0.4, 0.5) is 0 Å². The normalized spacial score (nSPS) is 11.2. The van der Waals surface area contributed by atoms with Crippen LogP contribution in [-0.2, 0) is 12.8 Å². The van der Waals surface area contributed by atoms with Crippen molar-refractivity contribution in [2.45, 2.75) is 33.6 Å². The molecule has 4 heteroatoms. The second-order valence-corrected chi connectivity index (χ2v) is 5.31. The van der Waals surface area contributed by atoms with Crippen molar-refractivity contribution in [3.63, 3.8) is 0 Å². The fraction of sp³-hybridized carbons (Fsp3) is 0.294. The van der Waals surface area contributed by atoms with Gasteiger partial charge in [0.2, 0.25) is 0 Å². The summed E-state index contributed by atoms with van der Waals surface area (Å²) >= 11 is 0. The molecule has 0 unspecified atom stereocenters. The van der Waals surface area contributed by atoms with Gasteiger partial charge in [-0.1, -0.05) is 26.0 Å². The van der Waals surface area contributed by atoms with E-state index in [1.165, 1.54) is 10.4 Å². The zero-order chi connectivity index (χ0) is 15.0. The molecule has 1 N–H and O–H groups in total. The number of phenolic OH excluding ortho intramolecular Hbond substituents is 1. The summed E-state index contributed by atoms with van der Waals surface area (Å²) in [6, 6.07) is 9.98. The summed E-state index contributed by atoms with van der Waals surface area (Å²) in [5.74, 6) is 0.270. The predicted octanol–water partition coefficient (Wildman–Crippen LogP) is 3.56. The Morgan fingerprint density at radius 3 is 2.48 bits per heavy atom. The van der Waals surface area contributed by atoms with Crippen molar-refractivity contribution in [2.75, 3.05) is 0 Å². The number of aromatic hydroxyl groups is 1. The van der Waals surface area contributed by atoms with Gasteiger partial charge in [-0.2, -0.15) is 0 Å². The maximum Gasteiger partial charge on any atom is 0.146 e. The number of hydrogen-bond acceptors (Lipinski definition) is 3. The van der Waals surface area contributed by atoms with E-state index in [1.807, 2.05) is 44.2 Å². The Morgan fingerprint density at radius 1 is 1.00 bits per heavy atom. The number of rotatable bonds is 3. The molecule has 0 radical (unpaired) electrons. The first kappa shape index (κ1) is 13.6. The lowest BCUT2D eigenvalue weighted by Gasteiger charge is -2.10. The summed E-state index contributed by atoms with van der Waals surface area (Å²) in [6.07, 6.45) is 1.70. The first-order valence-corrected chi connectivity index (χ1v) is 7.31. The number of aromatic nitrogens is 3. The van der Waals surface area contributed by atoms with Crippen molar-refractivity contribution < 1.29 is 5.11 Å². The van der Waals surface area contributed by atoms with Gasteiger partial charge in [0, 0.05) is 0 Å². The molecular weight excluding hydrogens is 262 g/mol. The molecule has 0 spiro atoms. The van der Waals surface area contributed by atoms with E-state index in [0.717, 1.165) is 35.0 Å². The molecule has 1 heterocycles. The predicted molar refractivity (Wildman–Crippen MR) is 84.0 cm³/mol. The van der Waals surface area contributed by atoms with Crippen molar-refractivity contribution in [3.8, 4) is 11.4 Å². The van der Waals surface area contributed by atoms with Gasteiger partial charge in [-0.25, -0.2) is 0 Å². The number of aryl methyl sites for hydroxylation is 3. The first-order chi connectivity index (χ1) is 10.1. The molecule has 0 amide bonds. The lowest BCUT2D eigenvalue weighted by Crippen LogP contribution is -2.02. The zero-order valence-corrected chi connectivity index (χ0v) is 12.6. The van der Waals surface area contributed by atoms with Crippen molar-refractivity contribution in [3.05, 3.63) is 47.0 Å². The molecule has 0 saturated carbocycles. The highest BCUT2D eigenvalue weighted by molar-refractivity contribution is 5.74. The van der Waals surface area contributed by atoms with Gasteiger partial charge in [-0.3, -0.25) is 0 Å². The Balaban J connectivity index is 2.21. The molecule has 4 nitrogen and oxygen atoms in total. The van der Waals surface area contributed by atoms with Crippen LogP contribution < -0.4 is 0 Å². The lowest BCUT2D eigenvalue weighted by atomic mass is 10.0. The van der Waals surface area contributed by atoms with Gasteiger partial charge in [0.1, 0.15) is 22.5 Å². The van der Waals surface area contributed by atoms with Gasteiger partial charge in [0.25, 0.3) is 0 Å². The maximum atomic E-state index is 10.4. The van der Waals surface area contributed by atoms with Gasteiger partial charge in [-0.15, -0.1) is 15.0 Å². The summed E-state index contributed by atoms with van der Waals surface area (Å²) < 4.78 is 0. The molecule has 3 rings (SSSR count). The second kappa shape index (κ2) is 5.20. The Morgan fingerprint density at radius 2 is 1.76 bits per heavy atom. The van der Waals surface area contributed by atoms with Crippen molar-refractivity contribution in [2.24, 2.45) is 0 Å². The largest absolute Gasteiger partial charge is 0.505 e. The van der Waals surface area contributed by atoms with E-state index in [1.54, 1.807) is 0 Å². The lowest BCUT2D eigenvalue weighted by molar-refractivity contribution is 0.461. The van der Waals surface area contributed by atoms with E-state index in [9.17, 15) is 5.11 Å². The third-order valence-electron chi connectivity index (χ3n) is 3.77. The molecule has 0 aliphatic carbocycles. The first-order valence-electron chi connectivity index (χ1n) is 7.31. The summed E-state index contributed by atoms with van der Waals surface area (Å²) in [4.78, 5) is 1.54. The van der Waals surface area contributed by atoms with Gasteiger partial charge in [0.15, 0.2) is 0 Å². The highest BCUT2D eigenvalue weighted by atomic mass is 16.3. The second-order valence-electron chi connectivity index (χ2n) is 5.31. The van der Waals surface area contributed by atoms with Crippen LogP contribution in [0.25, 0.3) is 16.7 Å². The van der Waals surface area contributed by atoms with Crippen LogP contribution in [0, 0.1) is 6.92 Å². The molecule has 0 fully saturated rings. The average molecular weight is 281 g/mol. The van der Waals surface area contributed by atoms with E-state index in [2.05, 4.69) is 17.1 Å². The highest BCUT2D eigenvalue weighted by Gasteiger charge is 2.13. The molecule has 0 atom stereocenters. The monoisotopic (exact) mass is 281 g/mol. The Kier molecular flexibility index (Phi) is 3.37. The fourth-order valence-electron chi connectivity index (χ4n) is 2.50. The third kappa shape index (κ3) is 2.37. The average Bonchev–Trinajstić information content (AvgIpc) is 2.90. The molecule has 1 aromatic heterocycles. The topological polar surface area (TPSA) is 50.9 Å². The van der Waals surface area contributed by atoms with E-state index in [-0.39, 0.29) is 5.75 Å². The minimum Gasteiger partial charge on any atom is -0.505 e. The molecule has 108 valence electrons. The molecule has 21 heavy (non-hydrogen) atoms. The van der Waals surface area contributed by atoms with E-state index in [4.69, 9.17) is 0 Å². The van der Waals surface area contributed by atoms with Crippen molar-refractivity contribution >= 4 is 11.0 Å². The standard InChI is InChI=1S/C17H19N3O/c1-4-12-9-13(5-2)17(21)16(10-12)20-18-14-7-6-11(3)8-15(14)19-20/h6-10,21H,4-5H2,1-3H3. The third-order valence-corrected chi connectivity index (χ3v) is 3.77. The molecule has 2 aromatic carbocycles. The van der Waals surface area contributed by atoms with Gasteiger partial charge in [-0.05, 0) is 54.7 Å². The minimum absolute atomic E-state index is 0.270. The van der Waals surface area contributed by atoms with E-state index < -0.39 is 0 Å². The number of nitrogens with zero attached hydrogens (tertiary/aromatic N) is 3. The number of phenols is 1. The van der Waals surface area contributed by atoms with Crippen LogP contribution in [-0.4, -0.2) is 20.1 Å². The molecule has 0 bridgehead atoms. The van der Waals surface area contributed by atoms with E-state index in [0.29, 0.717) is 5.69 Å². The smallest absolute Gasteiger partial charge is 0.146 e. The number of hydrogen-bond donors (Lipinski definition) is 1. The highest BCUT2D eigenvalue weighted by Crippen LogP contribution is 2.28. The van der Waals surface area contributed by atoms with Crippen LogP contribution in [0.5, 0.6) is 5.75 Å². The molecule has 3 aromatic rings. The Labute approximate surface area is 124 Å². The minimum atomic E-state index is 0.270. The van der Waals surface area contributed by atoms with Crippen molar-refractivity contribution in [1.29, 1.82) is 0 Å². The van der Waals surface area contributed by atoms with Crippen LogP contribution >= 0.6 is 0 Å². The quantitative estimate of drug-likeness (QED) is 0.798. The van der Waals surface area contributed by atoms with Gasteiger partial charge < -0.3 is 5.11 Å². The Bertz CT molecular complexity index is 805. The molecule has 0 saturated heterocycles. The number of fused-ring (bicyclic) bond motifs is 1. The van der Waals surface area contributed by atoms with Crippen LogP contribution in [0.2, 0.25) is 0 Å². The van der Waals surface area contributed by atoms with Gasteiger partial charge >= 0.3 is 0 Å². The summed E-state index contributed by atoms with van der Waals surface area (Å²) in [5, 5.41) is 19.4. The van der Waals surface area contributed by atoms with Crippen molar-refractivity contribution in [1.82, 2.24) is 15.0 Å². The summed E-state index contributed by atoms with van der Waals surface area (Å²) in [5.41, 5.74) is 5.59. The maximum absolute atomic E-state index is 10.4.